The van der Waals surface area contributed by atoms with Gasteiger partial charge in [-0.3, -0.25) is 4.79 Å². The molecule has 2 aromatic heterocycles. The summed E-state index contributed by atoms with van der Waals surface area (Å²) in [5.41, 5.74) is 2.34. The van der Waals surface area contributed by atoms with E-state index >= 15 is 0 Å². The maximum Gasteiger partial charge on any atom is 0.255 e. The number of nitrogens with zero attached hydrogens (tertiary/aromatic N) is 2. The Bertz CT molecular complexity index is 628. The lowest BCUT2D eigenvalue weighted by atomic mass is 10.1. The third-order valence-corrected chi connectivity index (χ3v) is 3.49. The Kier molecular flexibility index (Phi) is 4.27. The highest BCUT2D eigenvalue weighted by molar-refractivity contribution is 6.01. The second-order valence-electron chi connectivity index (χ2n) is 4.85. The van der Waals surface area contributed by atoms with Crippen molar-refractivity contribution in [3.63, 3.8) is 0 Å². The van der Waals surface area contributed by atoms with Gasteiger partial charge in [0.1, 0.15) is 0 Å². The molecule has 2 aromatic rings. The van der Waals surface area contributed by atoms with Crippen LogP contribution in [0.3, 0.4) is 0 Å². The van der Waals surface area contributed by atoms with Crippen molar-refractivity contribution in [2.75, 3.05) is 13.1 Å². The first-order valence-electron chi connectivity index (χ1n) is 6.29. The lowest BCUT2D eigenvalue weighted by Gasteiger charge is -2.15. The molecule has 3 heterocycles. The molecular formula is C13H17ClN4O2. The first kappa shape index (κ1) is 14.8. The number of β-amino-alcohol motifs (C(OH)–C–C–N with tert-alkyl or cyclic N) is 1. The molecule has 1 amide bonds. The van der Waals surface area contributed by atoms with Crippen molar-refractivity contribution < 1.29 is 9.90 Å². The molecule has 0 spiro atoms. The number of aliphatic hydroxyl groups excluding tert-OH is 1. The number of halogens is 1. The van der Waals surface area contributed by atoms with E-state index in [4.69, 9.17) is 0 Å². The Morgan fingerprint density at radius 3 is 3.05 bits per heavy atom. The number of hydrogen-bond donors (Lipinski definition) is 3. The van der Waals surface area contributed by atoms with Crippen LogP contribution in [0.15, 0.2) is 24.5 Å². The third kappa shape index (κ3) is 2.49. The van der Waals surface area contributed by atoms with Crippen LogP contribution in [0.25, 0.3) is 5.52 Å². The van der Waals surface area contributed by atoms with E-state index in [0.717, 1.165) is 11.1 Å². The highest BCUT2D eigenvalue weighted by atomic mass is 35.5. The number of aryl methyl sites for hydroxylation is 1. The Labute approximate surface area is 122 Å². The number of aromatic nitrogens is 2. The van der Waals surface area contributed by atoms with E-state index in [1.807, 2.05) is 25.3 Å². The minimum Gasteiger partial charge on any atom is -0.390 e. The number of fused-ring (bicyclic) bond motifs is 1. The molecule has 0 unspecified atom stereocenters. The van der Waals surface area contributed by atoms with Crippen LogP contribution >= 0.6 is 12.4 Å². The van der Waals surface area contributed by atoms with Crippen LogP contribution in [0.4, 0.5) is 0 Å². The molecule has 1 aliphatic rings. The summed E-state index contributed by atoms with van der Waals surface area (Å²) >= 11 is 0. The Hall–Kier alpha value is -1.63. The van der Waals surface area contributed by atoms with Gasteiger partial charge in [-0.1, -0.05) is 6.07 Å². The summed E-state index contributed by atoms with van der Waals surface area (Å²) in [7, 11) is 0. The zero-order valence-corrected chi connectivity index (χ0v) is 11.9. The molecule has 6 nitrogen and oxygen atoms in total. The van der Waals surface area contributed by atoms with E-state index in [-0.39, 0.29) is 24.4 Å². The molecule has 3 rings (SSSR count). The zero-order valence-electron chi connectivity index (χ0n) is 11.0. The predicted octanol–water partition coefficient (Wildman–Crippen LogP) is 0.127. The van der Waals surface area contributed by atoms with Crippen molar-refractivity contribution >= 4 is 23.8 Å². The molecule has 0 bridgehead atoms. The SMILES string of the molecule is Cc1cccn2ncc(C(=O)N[C@H]3CNC[C@H]3O)c12.Cl. The summed E-state index contributed by atoms with van der Waals surface area (Å²) in [6.07, 6.45) is 2.84. The topological polar surface area (TPSA) is 78.7 Å². The van der Waals surface area contributed by atoms with Gasteiger partial charge in [0.05, 0.1) is 29.4 Å². The molecule has 20 heavy (non-hydrogen) atoms. The number of pyridine rings is 1. The highest BCUT2D eigenvalue weighted by Gasteiger charge is 2.27. The summed E-state index contributed by atoms with van der Waals surface area (Å²) in [6.45, 7) is 3.05. The van der Waals surface area contributed by atoms with Gasteiger partial charge in [-0.2, -0.15) is 5.10 Å². The third-order valence-electron chi connectivity index (χ3n) is 3.49. The van der Waals surface area contributed by atoms with Gasteiger partial charge in [0.2, 0.25) is 0 Å². The van der Waals surface area contributed by atoms with Crippen LogP contribution in [0.2, 0.25) is 0 Å². The number of hydrogen-bond acceptors (Lipinski definition) is 4. The van der Waals surface area contributed by atoms with E-state index in [2.05, 4.69) is 15.7 Å². The Morgan fingerprint density at radius 2 is 2.35 bits per heavy atom. The average molecular weight is 297 g/mol. The molecule has 2 atom stereocenters. The Balaban J connectivity index is 0.00000147. The molecule has 0 aliphatic carbocycles. The van der Waals surface area contributed by atoms with Crippen LogP contribution in [-0.2, 0) is 0 Å². The zero-order chi connectivity index (χ0) is 13.4. The van der Waals surface area contributed by atoms with E-state index in [1.165, 1.54) is 0 Å². The average Bonchev–Trinajstić information content (AvgIpc) is 2.97. The van der Waals surface area contributed by atoms with Gasteiger partial charge < -0.3 is 15.7 Å². The van der Waals surface area contributed by atoms with E-state index < -0.39 is 6.10 Å². The minimum absolute atomic E-state index is 0. The molecule has 1 saturated heterocycles. The number of nitrogens with one attached hydrogen (secondary N) is 2. The summed E-state index contributed by atoms with van der Waals surface area (Å²) in [6, 6.07) is 3.59. The predicted molar refractivity (Wildman–Crippen MR) is 77.3 cm³/mol. The molecule has 0 radical (unpaired) electrons. The fourth-order valence-electron chi connectivity index (χ4n) is 2.44. The maximum absolute atomic E-state index is 12.3. The van der Waals surface area contributed by atoms with Gasteiger partial charge >= 0.3 is 0 Å². The summed E-state index contributed by atoms with van der Waals surface area (Å²) in [5.74, 6) is -0.197. The van der Waals surface area contributed by atoms with Crippen LogP contribution in [-0.4, -0.2) is 45.9 Å². The van der Waals surface area contributed by atoms with Gasteiger partial charge in [0.15, 0.2) is 0 Å². The van der Waals surface area contributed by atoms with Crippen LogP contribution in [0.1, 0.15) is 15.9 Å². The van der Waals surface area contributed by atoms with Gasteiger partial charge in [-0.05, 0) is 18.6 Å². The quantitative estimate of drug-likeness (QED) is 0.736. The van der Waals surface area contributed by atoms with Gasteiger partial charge in [-0.15, -0.1) is 12.4 Å². The second-order valence-corrected chi connectivity index (χ2v) is 4.85. The molecule has 0 saturated carbocycles. The van der Waals surface area contributed by atoms with Crippen LogP contribution < -0.4 is 10.6 Å². The van der Waals surface area contributed by atoms with Crippen molar-refractivity contribution in [1.82, 2.24) is 20.2 Å². The van der Waals surface area contributed by atoms with Crippen molar-refractivity contribution in [2.24, 2.45) is 0 Å². The Morgan fingerprint density at radius 1 is 1.55 bits per heavy atom. The molecule has 1 aliphatic heterocycles. The van der Waals surface area contributed by atoms with E-state index in [0.29, 0.717) is 18.7 Å². The number of carbonyl (C=O) groups is 1. The largest absolute Gasteiger partial charge is 0.390 e. The van der Waals surface area contributed by atoms with Crippen molar-refractivity contribution in [3.05, 3.63) is 35.7 Å². The van der Waals surface area contributed by atoms with Crippen molar-refractivity contribution in [2.45, 2.75) is 19.1 Å². The van der Waals surface area contributed by atoms with Crippen LogP contribution in [0.5, 0.6) is 0 Å². The molecular weight excluding hydrogens is 280 g/mol. The lowest BCUT2D eigenvalue weighted by Crippen LogP contribution is -2.42. The second kappa shape index (κ2) is 5.78. The number of amides is 1. The number of aliphatic hydroxyl groups is 1. The first-order valence-corrected chi connectivity index (χ1v) is 6.29. The van der Waals surface area contributed by atoms with Crippen molar-refractivity contribution in [1.29, 1.82) is 0 Å². The number of rotatable bonds is 2. The minimum atomic E-state index is -0.535. The van der Waals surface area contributed by atoms with Crippen molar-refractivity contribution in [3.8, 4) is 0 Å². The molecule has 1 fully saturated rings. The molecule has 7 heteroatoms. The highest BCUT2D eigenvalue weighted by Crippen LogP contribution is 2.15. The maximum atomic E-state index is 12.3. The normalized spacial score (nSPS) is 21.7. The summed E-state index contributed by atoms with van der Waals surface area (Å²) in [4.78, 5) is 12.3. The number of carbonyl (C=O) groups excluding carboxylic acids is 1. The summed E-state index contributed by atoms with van der Waals surface area (Å²) in [5, 5.41) is 19.8. The monoisotopic (exact) mass is 296 g/mol. The van der Waals surface area contributed by atoms with Gasteiger partial charge in [0, 0.05) is 19.3 Å². The molecule has 0 aromatic carbocycles. The molecule has 108 valence electrons. The standard InChI is InChI=1S/C13H16N4O2.ClH/c1-8-3-2-4-17-12(8)9(5-15-17)13(19)16-10-6-14-7-11(10)18;/h2-5,10-11,14,18H,6-7H2,1H3,(H,16,19);1H/t10-,11+;/m0./s1. The van der Waals surface area contributed by atoms with Crippen LogP contribution in [0, 0.1) is 6.92 Å². The molecule has 3 N–H and O–H groups in total. The fraction of sp³-hybridized carbons (Fsp3) is 0.385. The van der Waals surface area contributed by atoms with E-state index in [1.54, 1.807) is 10.7 Å². The summed E-state index contributed by atoms with van der Waals surface area (Å²) < 4.78 is 1.69. The first-order chi connectivity index (χ1) is 9.16. The van der Waals surface area contributed by atoms with E-state index in [9.17, 15) is 9.90 Å². The van der Waals surface area contributed by atoms with Gasteiger partial charge in [-0.25, -0.2) is 4.52 Å². The van der Waals surface area contributed by atoms with Gasteiger partial charge in [0.25, 0.3) is 5.91 Å². The fourth-order valence-corrected chi connectivity index (χ4v) is 2.44. The smallest absolute Gasteiger partial charge is 0.255 e. The lowest BCUT2D eigenvalue weighted by molar-refractivity contribution is 0.0890.